The van der Waals surface area contributed by atoms with E-state index in [9.17, 15) is 14.0 Å². The number of nitrogens with zero attached hydrogens (tertiary/aromatic N) is 4. The van der Waals surface area contributed by atoms with Crippen LogP contribution in [0.5, 0.6) is 0 Å². The lowest BCUT2D eigenvalue weighted by Gasteiger charge is -2.27. The van der Waals surface area contributed by atoms with Crippen molar-refractivity contribution in [2.24, 2.45) is 0 Å². The summed E-state index contributed by atoms with van der Waals surface area (Å²) >= 11 is 0. The number of H-pyrrole nitrogens is 1. The molecule has 5 aromatic rings. The van der Waals surface area contributed by atoms with Gasteiger partial charge in [0.05, 0.1) is 24.0 Å². The summed E-state index contributed by atoms with van der Waals surface area (Å²) in [6, 6.07) is 18.4. The Kier molecular flexibility index (Phi) is 5.64. The Hall–Kier alpha value is -4.20. The minimum atomic E-state index is -0.279. The molecule has 6 rings (SSSR count). The molecule has 1 aliphatic rings. The van der Waals surface area contributed by atoms with Gasteiger partial charge in [0.1, 0.15) is 11.3 Å². The van der Waals surface area contributed by atoms with Crippen LogP contribution in [0, 0.1) is 5.82 Å². The van der Waals surface area contributed by atoms with Crippen LogP contribution < -0.4 is 11.2 Å². The van der Waals surface area contributed by atoms with E-state index in [1.807, 2.05) is 42.6 Å². The number of benzene rings is 2. The average molecular weight is 484 g/mol. The second-order valence-electron chi connectivity index (χ2n) is 9.39. The van der Waals surface area contributed by atoms with Crippen molar-refractivity contribution in [3.63, 3.8) is 0 Å². The van der Waals surface area contributed by atoms with Crippen LogP contribution in [-0.2, 0) is 19.5 Å². The first-order valence-corrected chi connectivity index (χ1v) is 12.3. The lowest BCUT2D eigenvalue weighted by atomic mass is 9.93. The van der Waals surface area contributed by atoms with Crippen LogP contribution in [0.2, 0.25) is 0 Å². The largest absolute Gasteiger partial charge is 0.349 e. The number of hydrogen-bond donors (Lipinski definition) is 1. The van der Waals surface area contributed by atoms with Crippen LogP contribution in [0.25, 0.3) is 22.3 Å². The smallest absolute Gasteiger partial charge is 0.331 e. The summed E-state index contributed by atoms with van der Waals surface area (Å²) in [5, 5.41) is 4.38. The van der Waals surface area contributed by atoms with Crippen molar-refractivity contribution in [3.05, 3.63) is 111 Å². The van der Waals surface area contributed by atoms with Crippen LogP contribution >= 0.6 is 0 Å². The molecule has 1 aliphatic carbocycles. The second-order valence-corrected chi connectivity index (χ2v) is 9.39. The summed E-state index contributed by atoms with van der Waals surface area (Å²) < 4.78 is 18.9. The molecule has 1 saturated carbocycles. The zero-order chi connectivity index (χ0) is 24.6. The van der Waals surface area contributed by atoms with Gasteiger partial charge in [-0.3, -0.25) is 18.6 Å². The number of halogens is 1. The van der Waals surface area contributed by atoms with Crippen molar-refractivity contribution in [2.75, 3.05) is 0 Å². The molecule has 0 saturated heterocycles. The molecule has 2 aromatic carbocycles. The number of nitrogens with one attached hydrogen (secondary N) is 1. The van der Waals surface area contributed by atoms with Crippen LogP contribution in [0.4, 0.5) is 4.39 Å². The fourth-order valence-corrected chi connectivity index (χ4v) is 4.87. The van der Waals surface area contributed by atoms with Gasteiger partial charge in [-0.25, -0.2) is 9.18 Å². The standard InChI is InChI=1S/C28H26FN5O2/c29-23-12-5-4-9-20(23)17-32-18-21(16-30-32)24-15-25-26(31-24)27(35)34(22-10-6-11-22)28(36)33(25)14-13-19-7-2-1-3-8-19/h1-5,7-9,12,15-16,18,22,31H,6,10-11,13-14,17H2. The number of aromatic nitrogens is 5. The predicted octanol–water partition coefficient (Wildman–Crippen LogP) is 4.51. The van der Waals surface area contributed by atoms with E-state index in [0.717, 1.165) is 30.4 Å². The highest BCUT2D eigenvalue weighted by molar-refractivity contribution is 5.82. The fourth-order valence-electron chi connectivity index (χ4n) is 4.87. The Labute approximate surface area is 206 Å². The van der Waals surface area contributed by atoms with E-state index in [2.05, 4.69) is 10.1 Å². The first-order chi connectivity index (χ1) is 17.6. The molecule has 0 unspecified atom stereocenters. The number of fused-ring (bicyclic) bond motifs is 1. The van der Waals surface area contributed by atoms with E-state index < -0.39 is 0 Å². The molecule has 36 heavy (non-hydrogen) atoms. The predicted molar refractivity (Wildman–Crippen MR) is 137 cm³/mol. The van der Waals surface area contributed by atoms with E-state index in [1.54, 1.807) is 33.6 Å². The van der Waals surface area contributed by atoms with Gasteiger partial charge in [-0.1, -0.05) is 48.5 Å². The third-order valence-electron chi connectivity index (χ3n) is 7.10. The van der Waals surface area contributed by atoms with Crippen molar-refractivity contribution in [1.29, 1.82) is 0 Å². The van der Waals surface area contributed by atoms with Gasteiger partial charge in [0.2, 0.25) is 0 Å². The summed E-state index contributed by atoms with van der Waals surface area (Å²) in [4.78, 5) is 30.2. The fraction of sp³-hybridized carbons (Fsp3) is 0.250. The van der Waals surface area contributed by atoms with Crippen molar-refractivity contribution in [1.82, 2.24) is 23.9 Å². The minimum Gasteiger partial charge on any atom is -0.349 e. The van der Waals surface area contributed by atoms with Gasteiger partial charge in [-0.15, -0.1) is 0 Å². The van der Waals surface area contributed by atoms with E-state index in [-0.39, 0.29) is 23.1 Å². The molecule has 3 aromatic heterocycles. The molecule has 8 heteroatoms. The molecule has 0 bridgehead atoms. The molecule has 0 aliphatic heterocycles. The van der Waals surface area contributed by atoms with Gasteiger partial charge in [-0.05, 0) is 43.4 Å². The number of rotatable bonds is 7. The normalized spacial score (nSPS) is 13.8. The second kappa shape index (κ2) is 9.11. The Bertz CT molecular complexity index is 1660. The number of aryl methyl sites for hydroxylation is 2. The first kappa shape index (κ1) is 22.3. The van der Waals surface area contributed by atoms with Gasteiger partial charge in [-0.2, -0.15) is 5.10 Å². The maximum Gasteiger partial charge on any atom is 0.331 e. The Morgan fingerprint density at radius 3 is 2.56 bits per heavy atom. The van der Waals surface area contributed by atoms with Crippen LogP contribution in [0.1, 0.15) is 36.4 Å². The molecule has 7 nitrogen and oxygen atoms in total. The monoisotopic (exact) mass is 483 g/mol. The maximum atomic E-state index is 14.1. The summed E-state index contributed by atoms with van der Waals surface area (Å²) in [5.74, 6) is -0.279. The lowest BCUT2D eigenvalue weighted by Crippen LogP contribution is -2.44. The highest BCUT2D eigenvalue weighted by Crippen LogP contribution is 2.30. The molecular formula is C28H26FN5O2. The van der Waals surface area contributed by atoms with E-state index in [0.29, 0.717) is 41.8 Å². The van der Waals surface area contributed by atoms with E-state index in [1.165, 1.54) is 10.6 Å². The van der Waals surface area contributed by atoms with Gasteiger partial charge in [0.15, 0.2) is 0 Å². The van der Waals surface area contributed by atoms with Gasteiger partial charge in [0.25, 0.3) is 5.56 Å². The summed E-state index contributed by atoms with van der Waals surface area (Å²) in [5.41, 5.74) is 3.61. The molecule has 0 spiro atoms. The minimum absolute atomic E-state index is 0.0485. The molecular weight excluding hydrogens is 457 g/mol. The van der Waals surface area contributed by atoms with Crippen LogP contribution in [-0.4, -0.2) is 23.9 Å². The Balaban J connectivity index is 1.40. The molecule has 3 heterocycles. The molecule has 0 atom stereocenters. The zero-order valence-electron chi connectivity index (χ0n) is 19.7. The van der Waals surface area contributed by atoms with Gasteiger partial charge < -0.3 is 4.98 Å². The maximum absolute atomic E-state index is 14.1. The highest BCUT2D eigenvalue weighted by Gasteiger charge is 2.26. The average Bonchev–Trinajstić information content (AvgIpc) is 3.50. The third kappa shape index (κ3) is 3.98. The lowest BCUT2D eigenvalue weighted by molar-refractivity contribution is 0.292. The summed E-state index contributed by atoms with van der Waals surface area (Å²) in [6.45, 7) is 0.763. The van der Waals surface area contributed by atoms with Crippen molar-refractivity contribution in [2.45, 2.75) is 44.8 Å². The van der Waals surface area contributed by atoms with E-state index >= 15 is 0 Å². The number of hydrogen-bond acceptors (Lipinski definition) is 3. The SMILES string of the molecule is O=c1c2[nH]c(-c3cnn(Cc4ccccc4F)c3)cc2n(CCc2ccccc2)c(=O)n1C1CCC1. The topological polar surface area (TPSA) is 77.6 Å². The molecule has 1 fully saturated rings. The Morgan fingerprint density at radius 1 is 1.03 bits per heavy atom. The third-order valence-corrected chi connectivity index (χ3v) is 7.10. The molecule has 182 valence electrons. The van der Waals surface area contributed by atoms with Gasteiger partial charge in [0, 0.05) is 29.9 Å². The quantitative estimate of drug-likeness (QED) is 0.370. The van der Waals surface area contributed by atoms with Crippen molar-refractivity contribution in [3.8, 4) is 11.3 Å². The van der Waals surface area contributed by atoms with Crippen LogP contribution in [0.3, 0.4) is 0 Å². The van der Waals surface area contributed by atoms with Crippen LogP contribution in [0.15, 0.2) is 82.6 Å². The van der Waals surface area contributed by atoms with Crippen molar-refractivity contribution >= 4 is 11.0 Å². The summed E-state index contributed by atoms with van der Waals surface area (Å²) in [6.07, 6.45) is 6.89. The van der Waals surface area contributed by atoms with E-state index in [4.69, 9.17) is 0 Å². The summed E-state index contributed by atoms with van der Waals surface area (Å²) in [7, 11) is 0. The molecule has 0 amide bonds. The number of aromatic amines is 1. The molecule has 1 N–H and O–H groups in total. The van der Waals surface area contributed by atoms with Crippen molar-refractivity contribution < 1.29 is 4.39 Å². The first-order valence-electron chi connectivity index (χ1n) is 12.3. The van der Waals surface area contributed by atoms with Gasteiger partial charge >= 0.3 is 5.69 Å². The zero-order valence-corrected chi connectivity index (χ0v) is 19.7. The molecule has 0 radical (unpaired) electrons. The Morgan fingerprint density at radius 2 is 1.81 bits per heavy atom. The highest BCUT2D eigenvalue weighted by atomic mass is 19.1.